The largest absolute Gasteiger partial charge is 0.508 e. The molecule has 124 valence electrons. The van der Waals surface area contributed by atoms with Gasteiger partial charge in [0.15, 0.2) is 0 Å². The van der Waals surface area contributed by atoms with Gasteiger partial charge in [-0.15, -0.1) is 0 Å². The summed E-state index contributed by atoms with van der Waals surface area (Å²) in [7, 11) is 1.33. The summed E-state index contributed by atoms with van der Waals surface area (Å²) in [6, 6.07) is 8.86. The third-order valence-corrected chi connectivity index (χ3v) is 3.41. The number of halogens is 1. The van der Waals surface area contributed by atoms with E-state index in [9.17, 15) is 14.7 Å². The highest BCUT2D eigenvalue weighted by atomic mass is 35.5. The lowest BCUT2D eigenvalue weighted by Gasteiger charge is -2.10. The predicted molar refractivity (Wildman–Crippen MR) is 90.7 cm³/mol. The molecule has 0 aromatic heterocycles. The first-order valence-electron chi connectivity index (χ1n) is 6.79. The molecule has 0 radical (unpaired) electrons. The second kappa shape index (κ2) is 7.52. The van der Waals surface area contributed by atoms with Crippen LogP contribution in [-0.2, 0) is 4.79 Å². The fraction of sp³-hybridized carbons (Fsp3) is 0.0588. The van der Waals surface area contributed by atoms with Gasteiger partial charge in [-0.3, -0.25) is 4.79 Å². The number of anilines is 1. The Morgan fingerprint density at radius 3 is 2.46 bits per heavy atom. The predicted octanol–water partition coefficient (Wildman–Crippen LogP) is 3.40. The van der Waals surface area contributed by atoms with Gasteiger partial charge in [0.25, 0.3) is 0 Å². The smallest absolute Gasteiger partial charge is 0.339 e. The van der Waals surface area contributed by atoms with Crippen LogP contribution in [0.5, 0.6) is 11.5 Å². The summed E-state index contributed by atoms with van der Waals surface area (Å²) in [6.07, 6.45) is 2.85. The van der Waals surface area contributed by atoms with Crippen LogP contribution in [0.2, 0.25) is 5.02 Å². The number of methoxy groups -OCH3 is 1. The van der Waals surface area contributed by atoms with Gasteiger partial charge in [0.1, 0.15) is 17.1 Å². The molecule has 0 aliphatic heterocycles. The fourth-order valence-corrected chi connectivity index (χ4v) is 2.13. The minimum Gasteiger partial charge on any atom is -0.508 e. The van der Waals surface area contributed by atoms with E-state index in [1.54, 1.807) is 18.2 Å². The van der Waals surface area contributed by atoms with Crippen molar-refractivity contribution in [3.63, 3.8) is 0 Å². The zero-order chi connectivity index (χ0) is 17.7. The van der Waals surface area contributed by atoms with Crippen LogP contribution in [-0.4, -0.2) is 29.2 Å². The lowest BCUT2D eigenvalue weighted by atomic mass is 10.1. The van der Waals surface area contributed by atoms with Gasteiger partial charge in [-0.25, -0.2) is 4.79 Å². The van der Waals surface area contributed by atoms with Gasteiger partial charge in [0, 0.05) is 12.1 Å². The molecule has 0 fully saturated rings. The summed E-state index contributed by atoms with van der Waals surface area (Å²) in [5.74, 6) is -1.41. The molecule has 2 rings (SSSR count). The molecule has 0 unspecified atom stereocenters. The van der Waals surface area contributed by atoms with Crippen molar-refractivity contribution < 1.29 is 24.5 Å². The SMILES string of the molecule is COc1cc(NC(=O)/C=C/c2ccc(O)cc2)c(Cl)cc1C(=O)O. The lowest BCUT2D eigenvalue weighted by Crippen LogP contribution is -2.09. The average molecular weight is 348 g/mol. The van der Waals surface area contributed by atoms with Gasteiger partial charge < -0.3 is 20.3 Å². The number of phenols is 1. The molecule has 6 nitrogen and oxygen atoms in total. The van der Waals surface area contributed by atoms with E-state index in [2.05, 4.69) is 5.32 Å². The van der Waals surface area contributed by atoms with Crippen LogP contribution in [0.1, 0.15) is 15.9 Å². The molecule has 0 aliphatic rings. The van der Waals surface area contributed by atoms with E-state index in [1.165, 1.54) is 37.5 Å². The van der Waals surface area contributed by atoms with Crippen molar-refractivity contribution in [1.82, 2.24) is 0 Å². The lowest BCUT2D eigenvalue weighted by molar-refractivity contribution is -0.111. The third-order valence-electron chi connectivity index (χ3n) is 3.10. The Bertz CT molecular complexity index is 799. The van der Waals surface area contributed by atoms with E-state index >= 15 is 0 Å². The van der Waals surface area contributed by atoms with Crippen molar-refractivity contribution in [2.24, 2.45) is 0 Å². The molecule has 7 heteroatoms. The van der Waals surface area contributed by atoms with E-state index in [4.69, 9.17) is 21.4 Å². The number of aromatic carboxylic acids is 1. The summed E-state index contributed by atoms with van der Waals surface area (Å²) in [6.45, 7) is 0. The van der Waals surface area contributed by atoms with Crippen LogP contribution in [0.15, 0.2) is 42.5 Å². The van der Waals surface area contributed by atoms with Crippen LogP contribution < -0.4 is 10.1 Å². The molecule has 3 N–H and O–H groups in total. The highest BCUT2D eigenvalue weighted by molar-refractivity contribution is 6.34. The number of hydrogen-bond donors (Lipinski definition) is 3. The number of phenolic OH excluding ortho intramolecular Hbond substituents is 1. The summed E-state index contributed by atoms with van der Waals surface area (Å²) >= 11 is 6.00. The van der Waals surface area contributed by atoms with E-state index in [1.807, 2.05) is 0 Å². The van der Waals surface area contributed by atoms with E-state index in [-0.39, 0.29) is 27.8 Å². The van der Waals surface area contributed by atoms with Crippen molar-refractivity contribution in [2.45, 2.75) is 0 Å². The van der Waals surface area contributed by atoms with Gasteiger partial charge in [0.2, 0.25) is 5.91 Å². The van der Waals surface area contributed by atoms with Gasteiger partial charge in [-0.2, -0.15) is 0 Å². The Morgan fingerprint density at radius 2 is 1.88 bits per heavy atom. The molecule has 2 aromatic carbocycles. The quantitative estimate of drug-likeness (QED) is 0.720. The molecular weight excluding hydrogens is 334 g/mol. The summed E-state index contributed by atoms with van der Waals surface area (Å²) in [5.41, 5.74) is 0.867. The minimum atomic E-state index is -1.18. The van der Waals surface area contributed by atoms with Crippen molar-refractivity contribution >= 4 is 35.2 Å². The number of amides is 1. The molecule has 0 atom stereocenters. The van der Waals surface area contributed by atoms with Gasteiger partial charge >= 0.3 is 5.97 Å². The summed E-state index contributed by atoms with van der Waals surface area (Å²) in [4.78, 5) is 23.1. The maximum Gasteiger partial charge on any atom is 0.339 e. The first-order valence-corrected chi connectivity index (χ1v) is 7.17. The molecule has 0 bridgehead atoms. The normalized spacial score (nSPS) is 10.6. The highest BCUT2D eigenvalue weighted by Gasteiger charge is 2.15. The number of benzene rings is 2. The Labute approximate surface area is 143 Å². The second-order valence-corrected chi connectivity index (χ2v) is 5.16. The van der Waals surface area contributed by atoms with Crippen LogP contribution in [0.25, 0.3) is 6.08 Å². The number of aromatic hydroxyl groups is 1. The number of carboxylic acid groups (broad SMARTS) is 1. The van der Waals surface area contributed by atoms with Crippen LogP contribution in [0.3, 0.4) is 0 Å². The standard InChI is InChI=1S/C17H14ClNO5/c1-24-15-9-14(13(18)8-12(15)17(22)23)19-16(21)7-4-10-2-5-11(20)6-3-10/h2-9,20H,1H3,(H,19,21)(H,22,23)/b7-4+. The molecule has 0 saturated heterocycles. The molecule has 0 saturated carbocycles. The van der Waals surface area contributed by atoms with Crippen LogP contribution >= 0.6 is 11.6 Å². The number of ether oxygens (including phenoxy) is 1. The Balaban J connectivity index is 2.16. The zero-order valence-electron chi connectivity index (χ0n) is 12.6. The van der Waals surface area contributed by atoms with Gasteiger partial charge in [0.05, 0.1) is 17.8 Å². The minimum absolute atomic E-state index is 0.0829. The molecule has 1 amide bonds. The number of carbonyl (C=O) groups is 2. The Morgan fingerprint density at radius 1 is 1.21 bits per heavy atom. The molecule has 24 heavy (non-hydrogen) atoms. The maximum atomic E-state index is 12.0. The Kier molecular flexibility index (Phi) is 5.44. The molecular formula is C17H14ClNO5. The number of carbonyl (C=O) groups excluding carboxylic acids is 1. The van der Waals surface area contributed by atoms with Crippen molar-refractivity contribution in [1.29, 1.82) is 0 Å². The number of nitrogens with one attached hydrogen (secondary N) is 1. The first kappa shape index (κ1) is 17.4. The van der Waals surface area contributed by atoms with E-state index in [0.717, 1.165) is 5.56 Å². The first-order chi connectivity index (χ1) is 11.4. The Hall–Kier alpha value is -2.99. The van der Waals surface area contributed by atoms with Crippen molar-refractivity contribution in [3.8, 4) is 11.5 Å². The topological polar surface area (TPSA) is 95.9 Å². The highest BCUT2D eigenvalue weighted by Crippen LogP contribution is 2.31. The van der Waals surface area contributed by atoms with E-state index < -0.39 is 11.9 Å². The average Bonchev–Trinajstić information content (AvgIpc) is 2.55. The van der Waals surface area contributed by atoms with Crippen LogP contribution in [0, 0.1) is 0 Å². The maximum absolute atomic E-state index is 12.0. The zero-order valence-corrected chi connectivity index (χ0v) is 13.4. The third kappa shape index (κ3) is 4.27. The monoisotopic (exact) mass is 347 g/mol. The molecule has 0 heterocycles. The number of hydrogen-bond acceptors (Lipinski definition) is 4. The number of carboxylic acids is 1. The summed E-state index contributed by atoms with van der Waals surface area (Å²) < 4.78 is 4.99. The van der Waals surface area contributed by atoms with Crippen LogP contribution in [0.4, 0.5) is 5.69 Å². The second-order valence-electron chi connectivity index (χ2n) is 4.75. The fourth-order valence-electron chi connectivity index (χ4n) is 1.92. The van der Waals surface area contributed by atoms with Crippen molar-refractivity contribution in [3.05, 3.63) is 58.6 Å². The molecule has 0 spiro atoms. The molecule has 2 aromatic rings. The van der Waals surface area contributed by atoms with Crippen molar-refractivity contribution in [2.75, 3.05) is 12.4 Å². The molecule has 0 aliphatic carbocycles. The number of rotatable bonds is 5. The van der Waals surface area contributed by atoms with Gasteiger partial charge in [-0.1, -0.05) is 23.7 Å². The summed E-state index contributed by atoms with van der Waals surface area (Å²) in [5, 5.41) is 20.9. The van der Waals surface area contributed by atoms with E-state index in [0.29, 0.717) is 0 Å². The van der Waals surface area contributed by atoms with Gasteiger partial charge in [-0.05, 0) is 29.8 Å².